The molecule has 0 fully saturated rings. The molecule has 0 aliphatic heterocycles. The summed E-state index contributed by atoms with van der Waals surface area (Å²) in [5.41, 5.74) is 0. The van der Waals surface area contributed by atoms with E-state index >= 15 is 0 Å². The number of amides is 1. The minimum Gasteiger partial charge on any atom is -0.410 e. The summed E-state index contributed by atoms with van der Waals surface area (Å²) in [5.74, 6) is 0.563. The van der Waals surface area contributed by atoms with Crippen LogP contribution in [0.15, 0.2) is 53.5 Å². The third-order valence-electron chi connectivity index (χ3n) is 2.41. The number of halogens is 1. The summed E-state index contributed by atoms with van der Waals surface area (Å²) in [7, 11) is 0. The lowest BCUT2D eigenvalue weighted by Gasteiger charge is -2.07. The lowest BCUT2D eigenvalue weighted by atomic mass is 10.1. The van der Waals surface area contributed by atoms with Crippen LogP contribution in [0.5, 0.6) is 5.75 Å². The fourth-order valence-corrected chi connectivity index (χ4v) is 1.79. The number of fused-ring (bicyclic) bond motifs is 1. The highest BCUT2D eigenvalue weighted by Crippen LogP contribution is 2.24. The predicted molar refractivity (Wildman–Crippen MR) is 76.0 cm³/mol. The molecule has 2 aromatic carbocycles. The van der Waals surface area contributed by atoms with E-state index in [0.717, 1.165) is 10.8 Å². The Labute approximate surface area is 114 Å². The van der Waals surface area contributed by atoms with Crippen molar-refractivity contribution in [1.82, 2.24) is 5.32 Å². The molecule has 0 saturated heterocycles. The zero-order chi connectivity index (χ0) is 12.8. The zero-order valence-corrected chi connectivity index (χ0v) is 11.2. The summed E-state index contributed by atoms with van der Waals surface area (Å²) < 4.78 is 5.27. The Hall–Kier alpha value is -1.81. The van der Waals surface area contributed by atoms with Crippen LogP contribution in [0.4, 0.5) is 4.79 Å². The molecular formula is C14H12BrNO2. The summed E-state index contributed by atoms with van der Waals surface area (Å²) >= 11 is 3.13. The Balaban J connectivity index is 2.14. The third-order valence-corrected chi connectivity index (χ3v) is 2.78. The minimum atomic E-state index is -0.461. The van der Waals surface area contributed by atoms with E-state index in [1.54, 1.807) is 17.1 Å². The molecule has 0 unspecified atom stereocenters. The molecule has 0 bridgehead atoms. The smallest absolute Gasteiger partial charge is 0.410 e. The first-order valence-corrected chi connectivity index (χ1v) is 6.41. The van der Waals surface area contributed by atoms with Crippen LogP contribution in [0.3, 0.4) is 0 Å². The van der Waals surface area contributed by atoms with Gasteiger partial charge in [-0.2, -0.15) is 0 Å². The molecule has 1 N–H and O–H groups in total. The predicted octanol–water partition coefficient (Wildman–Crippen LogP) is 3.84. The number of benzene rings is 2. The molecule has 4 heteroatoms. The molecule has 0 heterocycles. The highest BCUT2D eigenvalue weighted by atomic mass is 79.9. The van der Waals surface area contributed by atoms with Crippen molar-refractivity contribution in [3.8, 4) is 5.75 Å². The van der Waals surface area contributed by atoms with Crippen LogP contribution in [-0.4, -0.2) is 12.6 Å². The highest BCUT2D eigenvalue weighted by Gasteiger charge is 2.06. The SMILES string of the molecule is O=C(NC/C=C/Br)Oc1cccc2ccccc12. The van der Waals surface area contributed by atoms with Crippen molar-refractivity contribution in [2.24, 2.45) is 0 Å². The average Bonchev–Trinajstić information content (AvgIpc) is 2.39. The maximum absolute atomic E-state index is 11.5. The number of hydrogen-bond acceptors (Lipinski definition) is 2. The summed E-state index contributed by atoms with van der Waals surface area (Å²) in [4.78, 5) is 13.2. The van der Waals surface area contributed by atoms with Crippen LogP contribution in [0.1, 0.15) is 0 Å². The van der Waals surface area contributed by atoms with Crippen molar-refractivity contribution < 1.29 is 9.53 Å². The van der Waals surface area contributed by atoms with Gasteiger partial charge in [0, 0.05) is 11.9 Å². The molecule has 18 heavy (non-hydrogen) atoms. The van der Waals surface area contributed by atoms with Crippen molar-refractivity contribution in [2.45, 2.75) is 0 Å². The lowest BCUT2D eigenvalue weighted by molar-refractivity contribution is 0.202. The second-order valence-corrected chi connectivity index (χ2v) is 4.14. The number of ether oxygens (including phenoxy) is 1. The molecular weight excluding hydrogens is 294 g/mol. The van der Waals surface area contributed by atoms with Gasteiger partial charge >= 0.3 is 6.09 Å². The number of rotatable bonds is 3. The third kappa shape index (κ3) is 3.11. The van der Waals surface area contributed by atoms with E-state index in [-0.39, 0.29) is 0 Å². The van der Waals surface area contributed by atoms with E-state index in [1.807, 2.05) is 36.4 Å². The summed E-state index contributed by atoms with van der Waals surface area (Å²) in [6, 6.07) is 13.4. The topological polar surface area (TPSA) is 38.3 Å². The Morgan fingerprint density at radius 3 is 2.83 bits per heavy atom. The summed E-state index contributed by atoms with van der Waals surface area (Å²) in [6.45, 7) is 0.425. The van der Waals surface area contributed by atoms with Crippen LogP contribution in [0.25, 0.3) is 10.8 Å². The molecule has 0 atom stereocenters. The van der Waals surface area contributed by atoms with E-state index in [2.05, 4.69) is 21.2 Å². The lowest BCUT2D eigenvalue weighted by Crippen LogP contribution is -2.26. The Kier molecular flexibility index (Phi) is 4.36. The van der Waals surface area contributed by atoms with Crippen molar-refractivity contribution in [1.29, 1.82) is 0 Å². The van der Waals surface area contributed by atoms with E-state index in [1.165, 1.54) is 0 Å². The van der Waals surface area contributed by atoms with Crippen LogP contribution in [0.2, 0.25) is 0 Å². The van der Waals surface area contributed by atoms with Gasteiger partial charge in [-0.3, -0.25) is 0 Å². The second kappa shape index (κ2) is 6.21. The van der Waals surface area contributed by atoms with Gasteiger partial charge in [0.1, 0.15) is 5.75 Å². The molecule has 0 spiro atoms. The van der Waals surface area contributed by atoms with Crippen LogP contribution < -0.4 is 10.1 Å². The first-order chi connectivity index (χ1) is 8.81. The van der Waals surface area contributed by atoms with Gasteiger partial charge in [-0.15, -0.1) is 0 Å². The molecule has 0 aromatic heterocycles. The van der Waals surface area contributed by atoms with Crippen LogP contribution in [0, 0.1) is 0 Å². The van der Waals surface area contributed by atoms with Gasteiger partial charge in [0.05, 0.1) is 0 Å². The Morgan fingerprint density at radius 2 is 2.00 bits per heavy atom. The quantitative estimate of drug-likeness (QED) is 0.935. The van der Waals surface area contributed by atoms with Crippen LogP contribution in [-0.2, 0) is 0 Å². The Morgan fingerprint density at radius 1 is 1.22 bits per heavy atom. The van der Waals surface area contributed by atoms with Crippen molar-refractivity contribution >= 4 is 32.8 Å². The molecule has 0 radical (unpaired) electrons. The molecule has 0 saturated carbocycles. The van der Waals surface area contributed by atoms with Gasteiger partial charge in [-0.25, -0.2) is 4.79 Å². The minimum absolute atomic E-state index is 0.425. The van der Waals surface area contributed by atoms with Crippen LogP contribution >= 0.6 is 15.9 Å². The fraction of sp³-hybridized carbons (Fsp3) is 0.0714. The first kappa shape index (κ1) is 12.6. The van der Waals surface area contributed by atoms with Gasteiger partial charge in [0.2, 0.25) is 0 Å². The highest BCUT2D eigenvalue weighted by molar-refractivity contribution is 9.11. The standard InChI is InChI=1S/C14H12BrNO2/c15-9-4-10-16-14(17)18-13-8-3-6-11-5-1-2-7-12(11)13/h1-9H,10H2,(H,16,17)/b9-4+. The maximum atomic E-state index is 11.5. The monoisotopic (exact) mass is 305 g/mol. The molecule has 0 aliphatic rings. The number of carbonyl (C=O) groups excluding carboxylic acids is 1. The number of carbonyl (C=O) groups is 1. The molecule has 2 aromatic rings. The zero-order valence-electron chi connectivity index (χ0n) is 9.60. The molecule has 0 aliphatic carbocycles. The van der Waals surface area contributed by atoms with Crippen molar-refractivity contribution in [2.75, 3.05) is 6.54 Å². The van der Waals surface area contributed by atoms with Crippen molar-refractivity contribution in [3.63, 3.8) is 0 Å². The average molecular weight is 306 g/mol. The van der Waals surface area contributed by atoms with Gasteiger partial charge in [-0.1, -0.05) is 58.4 Å². The van der Waals surface area contributed by atoms with Gasteiger partial charge in [0.15, 0.2) is 0 Å². The second-order valence-electron chi connectivity index (χ2n) is 3.61. The normalized spacial score (nSPS) is 10.7. The van der Waals surface area contributed by atoms with Gasteiger partial charge in [-0.05, 0) is 16.4 Å². The fourth-order valence-electron chi connectivity index (χ4n) is 1.61. The molecule has 92 valence electrons. The Bertz CT molecular complexity index is 576. The van der Waals surface area contributed by atoms with E-state index in [4.69, 9.17) is 4.74 Å². The maximum Gasteiger partial charge on any atom is 0.412 e. The molecule has 3 nitrogen and oxygen atoms in total. The van der Waals surface area contributed by atoms with E-state index in [9.17, 15) is 4.79 Å². The number of hydrogen-bond donors (Lipinski definition) is 1. The first-order valence-electron chi connectivity index (χ1n) is 5.50. The van der Waals surface area contributed by atoms with Gasteiger partial charge < -0.3 is 10.1 Å². The van der Waals surface area contributed by atoms with E-state index in [0.29, 0.717) is 12.3 Å². The van der Waals surface area contributed by atoms with Crippen molar-refractivity contribution in [3.05, 3.63) is 53.5 Å². The summed E-state index contributed by atoms with van der Waals surface area (Å²) in [6.07, 6.45) is 1.31. The van der Waals surface area contributed by atoms with Gasteiger partial charge in [0.25, 0.3) is 0 Å². The molecule has 1 amide bonds. The molecule has 2 rings (SSSR count). The number of nitrogens with one attached hydrogen (secondary N) is 1. The largest absolute Gasteiger partial charge is 0.412 e. The van der Waals surface area contributed by atoms with E-state index < -0.39 is 6.09 Å². The summed E-state index contributed by atoms with van der Waals surface area (Å²) in [5, 5.41) is 4.59.